The van der Waals surface area contributed by atoms with Crippen molar-refractivity contribution >= 4 is 0 Å². The minimum Gasteiger partial charge on any atom is -0.487 e. The first kappa shape index (κ1) is 12.9. The molecule has 1 spiro atoms. The average molecular weight is 262 g/mol. The molecule has 3 heteroatoms. The molecule has 1 aromatic rings. The molecule has 1 saturated heterocycles. The van der Waals surface area contributed by atoms with Crippen LogP contribution in [-0.2, 0) is 4.74 Å². The molecule has 0 aliphatic carbocycles. The molecule has 2 aliphatic heterocycles. The molecule has 0 radical (unpaired) electrons. The highest BCUT2D eigenvalue weighted by Crippen LogP contribution is 2.46. The smallest absolute Gasteiger partial charge is 0.125 e. The average Bonchev–Trinajstić information content (AvgIpc) is 2.28. The van der Waals surface area contributed by atoms with Gasteiger partial charge in [0.2, 0.25) is 0 Å². The monoisotopic (exact) mass is 262 g/mol. The molecule has 3 nitrogen and oxygen atoms in total. The molecule has 2 aliphatic rings. The van der Waals surface area contributed by atoms with Crippen LogP contribution in [0.5, 0.6) is 5.75 Å². The third-order valence-corrected chi connectivity index (χ3v) is 4.20. The van der Waals surface area contributed by atoms with Crippen molar-refractivity contribution in [2.24, 2.45) is 0 Å². The van der Waals surface area contributed by atoms with E-state index in [1.165, 1.54) is 0 Å². The summed E-state index contributed by atoms with van der Waals surface area (Å²) >= 11 is 0. The Hall–Kier alpha value is -1.06. The van der Waals surface area contributed by atoms with Crippen molar-refractivity contribution in [2.75, 3.05) is 0 Å². The summed E-state index contributed by atoms with van der Waals surface area (Å²) in [6.07, 6.45) is 2.30. The summed E-state index contributed by atoms with van der Waals surface area (Å²) in [5, 5.41) is 10.5. The topological polar surface area (TPSA) is 38.7 Å². The first-order valence-electron chi connectivity index (χ1n) is 7.10. The lowest BCUT2D eigenvalue weighted by Crippen LogP contribution is -2.50. The molecule has 0 bridgehead atoms. The van der Waals surface area contributed by atoms with E-state index in [1.54, 1.807) is 0 Å². The minimum atomic E-state index is -0.429. The van der Waals surface area contributed by atoms with Gasteiger partial charge in [-0.1, -0.05) is 11.6 Å². The molecule has 3 atom stereocenters. The second-order valence-corrected chi connectivity index (χ2v) is 6.21. The van der Waals surface area contributed by atoms with Gasteiger partial charge >= 0.3 is 0 Å². The van der Waals surface area contributed by atoms with Crippen LogP contribution < -0.4 is 4.74 Å². The fourth-order valence-electron chi connectivity index (χ4n) is 3.63. The number of ether oxygens (including phenoxy) is 2. The number of hydrogen-bond donors (Lipinski definition) is 1. The maximum atomic E-state index is 10.5. The Kier molecular flexibility index (Phi) is 3.06. The van der Waals surface area contributed by atoms with Crippen LogP contribution in [0.1, 0.15) is 50.3 Å². The van der Waals surface area contributed by atoms with Gasteiger partial charge in [0.25, 0.3) is 0 Å². The second kappa shape index (κ2) is 4.50. The number of aliphatic hydroxyl groups excluding tert-OH is 1. The standard InChI is InChI=1S/C16H22O3/c1-10-4-5-15-13(6-10)14(17)9-16(19-15)7-11(2)18-12(3)8-16/h4-6,11-12,14,17H,7-9H2,1-3H3/t11?,12?,14-,16?/m1/s1. The van der Waals surface area contributed by atoms with Crippen LogP contribution in [0.3, 0.4) is 0 Å². The Morgan fingerprint density at radius 2 is 1.84 bits per heavy atom. The molecule has 2 heterocycles. The van der Waals surface area contributed by atoms with Crippen molar-refractivity contribution < 1.29 is 14.6 Å². The number of aliphatic hydroxyl groups is 1. The Bertz CT molecular complexity index is 473. The van der Waals surface area contributed by atoms with E-state index < -0.39 is 6.10 Å². The lowest BCUT2D eigenvalue weighted by atomic mass is 9.79. The van der Waals surface area contributed by atoms with Gasteiger partial charge in [-0.3, -0.25) is 0 Å². The predicted molar refractivity (Wildman–Crippen MR) is 73.4 cm³/mol. The maximum absolute atomic E-state index is 10.5. The lowest BCUT2D eigenvalue weighted by Gasteiger charge is -2.46. The van der Waals surface area contributed by atoms with Gasteiger partial charge in [-0.15, -0.1) is 0 Å². The van der Waals surface area contributed by atoms with Crippen LogP contribution >= 0.6 is 0 Å². The summed E-state index contributed by atoms with van der Waals surface area (Å²) < 4.78 is 12.1. The fourth-order valence-corrected chi connectivity index (χ4v) is 3.63. The first-order valence-corrected chi connectivity index (χ1v) is 7.10. The van der Waals surface area contributed by atoms with E-state index in [4.69, 9.17) is 9.47 Å². The Balaban J connectivity index is 1.94. The van der Waals surface area contributed by atoms with E-state index in [-0.39, 0.29) is 17.8 Å². The normalized spacial score (nSPS) is 37.8. The van der Waals surface area contributed by atoms with E-state index in [2.05, 4.69) is 13.8 Å². The summed E-state index contributed by atoms with van der Waals surface area (Å²) in [5.41, 5.74) is 1.82. The van der Waals surface area contributed by atoms with Crippen LogP contribution in [0.4, 0.5) is 0 Å². The predicted octanol–water partition coefficient (Wildman–Crippen LogP) is 3.14. The van der Waals surface area contributed by atoms with Gasteiger partial charge in [0.15, 0.2) is 0 Å². The molecule has 0 saturated carbocycles. The molecule has 1 N–H and O–H groups in total. The van der Waals surface area contributed by atoms with Crippen molar-refractivity contribution in [1.82, 2.24) is 0 Å². The highest BCUT2D eigenvalue weighted by Gasteiger charge is 2.45. The first-order chi connectivity index (χ1) is 8.97. The van der Waals surface area contributed by atoms with Crippen LogP contribution in [0.25, 0.3) is 0 Å². The van der Waals surface area contributed by atoms with Gasteiger partial charge in [0, 0.05) is 24.8 Å². The largest absolute Gasteiger partial charge is 0.487 e. The molecule has 2 unspecified atom stereocenters. The molecule has 1 aromatic carbocycles. The molecule has 1 fully saturated rings. The molecular weight excluding hydrogens is 240 g/mol. The molecule has 0 amide bonds. The maximum Gasteiger partial charge on any atom is 0.125 e. The van der Waals surface area contributed by atoms with Crippen molar-refractivity contribution in [1.29, 1.82) is 0 Å². The summed E-state index contributed by atoms with van der Waals surface area (Å²) in [4.78, 5) is 0. The van der Waals surface area contributed by atoms with Crippen LogP contribution in [0.15, 0.2) is 18.2 Å². The number of fused-ring (bicyclic) bond motifs is 1. The van der Waals surface area contributed by atoms with Crippen LogP contribution in [0.2, 0.25) is 0 Å². The molecule has 3 rings (SSSR count). The van der Waals surface area contributed by atoms with Gasteiger partial charge in [0.05, 0.1) is 18.3 Å². The molecule has 0 aromatic heterocycles. The van der Waals surface area contributed by atoms with E-state index in [1.807, 2.05) is 25.1 Å². The fraction of sp³-hybridized carbons (Fsp3) is 0.625. The third-order valence-electron chi connectivity index (χ3n) is 4.20. The highest BCUT2D eigenvalue weighted by atomic mass is 16.5. The van der Waals surface area contributed by atoms with Gasteiger partial charge in [-0.2, -0.15) is 0 Å². The van der Waals surface area contributed by atoms with E-state index in [0.29, 0.717) is 6.42 Å². The second-order valence-electron chi connectivity index (χ2n) is 6.21. The zero-order chi connectivity index (χ0) is 13.6. The highest BCUT2D eigenvalue weighted by molar-refractivity contribution is 5.41. The summed E-state index contributed by atoms with van der Waals surface area (Å²) in [5.74, 6) is 0.839. The van der Waals surface area contributed by atoms with Crippen LogP contribution in [0, 0.1) is 6.92 Å². The SMILES string of the molecule is Cc1ccc2c(c1)[C@H](O)CC1(CC(C)OC(C)C1)O2. The minimum absolute atomic E-state index is 0.183. The van der Waals surface area contributed by atoms with Crippen molar-refractivity contribution in [3.8, 4) is 5.75 Å². The lowest BCUT2D eigenvalue weighted by molar-refractivity contribution is -0.140. The number of hydrogen-bond acceptors (Lipinski definition) is 3. The van der Waals surface area contributed by atoms with E-state index >= 15 is 0 Å². The Morgan fingerprint density at radius 1 is 1.16 bits per heavy atom. The molecule has 19 heavy (non-hydrogen) atoms. The molecular formula is C16H22O3. The van der Waals surface area contributed by atoms with Gasteiger partial charge in [-0.25, -0.2) is 0 Å². The summed E-state index contributed by atoms with van der Waals surface area (Å²) in [6.45, 7) is 6.20. The van der Waals surface area contributed by atoms with Crippen LogP contribution in [-0.4, -0.2) is 22.9 Å². The Morgan fingerprint density at radius 3 is 2.53 bits per heavy atom. The summed E-state index contributed by atoms with van der Waals surface area (Å²) in [6, 6.07) is 6.05. The third kappa shape index (κ3) is 2.37. The quantitative estimate of drug-likeness (QED) is 0.780. The van der Waals surface area contributed by atoms with Gasteiger partial charge < -0.3 is 14.6 Å². The van der Waals surface area contributed by atoms with Gasteiger partial charge in [0.1, 0.15) is 11.4 Å². The van der Waals surface area contributed by atoms with Crippen molar-refractivity contribution in [2.45, 2.75) is 63.9 Å². The number of benzene rings is 1. The van der Waals surface area contributed by atoms with Crippen molar-refractivity contribution in [3.05, 3.63) is 29.3 Å². The zero-order valence-electron chi connectivity index (χ0n) is 11.8. The van der Waals surface area contributed by atoms with Crippen molar-refractivity contribution in [3.63, 3.8) is 0 Å². The van der Waals surface area contributed by atoms with E-state index in [0.717, 1.165) is 29.7 Å². The zero-order valence-corrected chi connectivity index (χ0v) is 11.8. The summed E-state index contributed by atoms with van der Waals surface area (Å²) in [7, 11) is 0. The van der Waals surface area contributed by atoms with E-state index in [9.17, 15) is 5.11 Å². The Labute approximate surface area is 114 Å². The van der Waals surface area contributed by atoms with Gasteiger partial charge in [-0.05, 0) is 32.9 Å². The number of rotatable bonds is 0. The molecule has 104 valence electrons. The number of aryl methyl sites for hydroxylation is 1.